The SMILES string of the molecule is Cc1cc(C)c(CI)c(O)c1C. The number of phenols is 1. The zero-order valence-electron chi connectivity index (χ0n) is 7.61. The van der Waals surface area contributed by atoms with Gasteiger partial charge in [-0.05, 0) is 37.5 Å². The fourth-order valence-corrected chi connectivity index (χ4v) is 2.25. The molecule has 0 aromatic heterocycles. The highest BCUT2D eigenvalue weighted by molar-refractivity contribution is 14.1. The lowest BCUT2D eigenvalue weighted by atomic mass is 10.0. The summed E-state index contributed by atoms with van der Waals surface area (Å²) in [4.78, 5) is 0. The predicted molar refractivity (Wildman–Crippen MR) is 60.0 cm³/mol. The highest BCUT2D eigenvalue weighted by Crippen LogP contribution is 2.29. The van der Waals surface area contributed by atoms with Crippen LogP contribution in [0.1, 0.15) is 22.3 Å². The largest absolute Gasteiger partial charge is 0.507 e. The van der Waals surface area contributed by atoms with Gasteiger partial charge in [-0.2, -0.15) is 0 Å². The summed E-state index contributed by atoms with van der Waals surface area (Å²) in [5.74, 6) is 0.474. The zero-order chi connectivity index (χ0) is 9.30. The van der Waals surface area contributed by atoms with Crippen LogP contribution in [0.2, 0.25) is 0 Å². The van der Waals surface area contributed by atoms with Gasteiger partial charge >= 0.3 is 0 Å². The van der Waals surface area contributed by atoms with Crippen molar-refractivity contribution in [2.45, 2.75) is 25.2 Å². The Morgan fingerprint density at radius 3 is 2.33 bits per heavy atom. The van der Waals surface area contributed by atoms with Crippen LogP contribution in [0, 0.1) is 20.8 Å². The molecular formula is C10H13IO. The molecule has 0 saturated carbocycles. The van der Waals surface area contributed by atoms with Crippen LogP contribution in [-0.2, 0) is 4.43 Å². The molecule has 1 aromatic carbocycles. The molecule has 2 heteroatoms. The number of hydrogen-bond donors (Lipinski definition) is 1. The zero-order valence-corrected chi connectivity index (χ0v) is 9.77. The highest BCUT2D eigenvalue weighted by Gasteiger charge is 2.08. The van der Waals surface area contributed by atoms with Crippen molar-refractivity contribution >= 4 is 22.6 Å². The first-order valence-electron chi connectivity index (χ1n) is 3.92. The first kappa shape index (κ1) is 9.84. The molecule has 0 saturated heterocycles. The molecule has 1 nitrogen and oxygen atoms in total. The van der Waals surface area contributed by atoms with Crippen molar-refractivity contribution in [1.29, 1.82) is 0 Å². The third kappa shape index (κ3) is 1.58. The van der Waals surface area contributed by atoms with Gasteiger partial charge in [-0.25, -0.2) is 0 Å². The maximum Gasteiger partial charge on any atom is 0.122 e. The van der Waals surface area contributed by atoms with Crippen molar-refractivity contribution < 1.29 is 5.11 Å². The van der Waals surface area contributed by atoms with Crippen molar-refractivity contribution in [3.05, 3.63) is 28.3 Å². The highest BCUT2D eigenvalue weighted by atomic mass is 127. The van der Waals surface area contributed by atoms with Gasteiger partial charge in [0.2, 0.25) is 0 Å². The molecule has 0 atom stereocenters. The minimum absolute atomic E-state index is 0.474. The maximum absolute atomic E-state index is 9.75. The molecule has 66 valence electrons. The lowest BCUT2D eigenvalue weighted by Crippen LogP contribution is -1.91. The van der Waals surface area contributed by atoms with E-state index in [2.05, 4.69) is 28.7 Å². The van der Waals surface area contributed by atoms with Crippen LogP contribution in [-0.4, -0.2) is 5.11 Å². The van der Waals surface area contributed by atoms with E-state index in [1.807, 2.05) is 20.8 Å². The Hall–Kier alpha value is -0.250. The molecule has 0 fully saturated rings. The first-order chi connectivity index (χ1) is 5.57. The second-order valence-electron chi connectivity index (χ2n) is 3.10. The van der Waals surface area contributed by atoms with Gasteiger partial charge in [0.15, 0.2) is 0 Å². The van der Waals surface area contributed by atoms with Gasteiger partial charge in [0.1, 0.15) is 5.75 Å². The molecule has 0 heterocycles. The van der Waals surface area contributed by atoms with E-state index in [9.17, 15) is 5.11 Å². The van der Waals surface area contributed by atoms with E-state index in [0.29, 0.717) is 5.75 Å². The second-order valence-corrected chi connectivity index (χ2v) is 3.86. The second kappa shape index (κ2) is 3.64. The minimum Gasteiger partial charge on any atom is -0.507 e. The lowest BCUT2D eigenvalue weighted by Gasteiger charge is -2.10. The molecule has 0 bridgehead atoms. The molecule has 12 heavy (non-hydrogen) atoms. The van der Waals surface area contributed by atoms with Gasteiger partial charge in [0.05, 0.1) is 0 Å². The van der Waals surface area contributed by atoms with Crippen LogP contribution in [0.25, 0.3) is 0 Å². The summed E-state index contributed by atoms with van der Waals surface area (Å²) < 4.78 is 0.872. The van der Waals surface area contributed by atoms with Crippen LogP contribution >= 0.6 is 22.6 Å². The van der Waals surface area contributed by atoms with Gasteiger partial charge in [-0.15, -0.1) is 0 Å². The maximum atomic E-state index is 9.75. The normalized spacial score (nSPS) is 10.3. The van der Waals surface area contributed by atoms with Crippen molar-refractivity contribution in [3.8, 4) is 5.75 Å². The average molecular weight is 276 g/mol. The molecule has 0 aliphatic carbocycles. The van der Waals surface area contributed by atoms with E-state index in [4.69, 9.17) is 0 Å². The summed E-state index contributed by atoms with van der Waals surface area (Å²) in [5.41, 5.74) is 4.43. The molecular weight excluding hydrogens is 263 g/mol. The number of alkyl halides is 1. The number of hydrogen-bond acceptors (Lipinski definition) is 1. The van der Waals surface area contributed by atoms with Crippen molar-refractivity contribution in [1.82, 2.24) is 0 Å². The molecule has 0 spiro atoms. The van der Waals surface area contributed by atoms with E-state index < -0.39 is 0 Å². The summed E-state index contributed by atoms with van der Waals surface area (Å²) in [7, 11) is 0. The minimum atomic E-state index is 0.474. The molecule has 0 radical (unpaired) electrons. The van der Waals surface area contributed by atoms with Crippen LogP contribution in [0.3, 0.4) is 0 Å². The van der Waals surface area contributed by atoms with Crippen LogP contribution in [0.4, 0.5) is 0 Å². The molecule has 0 amide bonds. The fourth-order valence-electron chi connectivity index (χ4n) is 1.29. The van der Waals surface area contributed by atoms with Crippen LogP contribution in [0.15, 0.2) is 6.07 Å². The summed E-state index contributed by atoms with van der Waals surface area (Å²) in [5, 5.41) is 9.75. The summed E-state index contributed by atoms with van der Waals surface area (Å²) in [6.45, 7) is 6.03. The first-order valence-corrected chi connectivity index (χ1v) is 5.45. The topological polar surface area (TPSA) is 20.2 Å². The smallest absolute Gasteiger partial charge is 0.122 e. The number of rotatable bonds is 1. The molecule has 1 N–H and O–H groups in total. The van der Waals surface area contributed by atoms with Crippen molar-refractivity contribution in [3.63, 3.8) is 0 Å². The molecule has 0 aliphatic heterocycles. The number of aromatic hydroxyl groups is 1. The number of benzene rings is 1. The Balaban J connectivity index is 3.40. The third-order valence-electron chi connectivity index (χ3n) is 2.28. The quantitative estimate of drug-likeness (QED) is 0.616. The van der Waals surface area contributed by atoms with Crippen LogP contribution in [0.5, 0.6) is 5.75 Å². The van der Waals surface area contributed by atoms with E-state index in [1.165, 1.54) is 11.1 Å². The average Bonchev–Trinajstić information content (AvgIpc) is 2.01. The third-order valence-corrected chi connectivity index (χ3v) is 3.04. The van der Waals surface area contributed by atoms with Gasteiger partial charge in [-0.1, -0.05) is 28.7 Å². The lowest BCUT2D eigenvalue weighted by molar-refractivity contribution is 0.465. The van der Waals surface area contributed by atoms with Crippen molar-refractivity contribution in [2.24, 2.45) is 0 Å². The standard InChI is InChI=1S/C10H13IO/c1-6-4-7(2)9(5-11)10(12)8(6)3/h4,12H,5H2,1-3H3. The van der Waals surface area contributed by atoms with E-state index >= 15 is 0 Å². The Bertz CT molecular complexity index is 305. The Morgan fingerprint density at radius 2 is 1.83 bits per heavy atom. The monoisotopic (exact) mass is 276 g/mol. The van der Waals surface area contributed by atoms with Gasteiger partial charge < -0.3 is 5.11 Å². The Kier molecular flexibility index (Phi) is 2.99. The molecule has 1 aromatic rings. The number of phenolic OH excluding ortho intramolecular Hbond substituents is 1. The van der Waals surface area contributed by atoms with Crippen LogP contribution < -0.4 is 0 Å². The van der Waals surface area contributed by atoms with Gasteiger partial charge in [0, 0.05) is 9.99 Å². The summed E-state index contributed by atoms with van der Waals surface area (Å²) in [6, 6.07) is 2.13. The van der Waals surface area contributed by atoms with E-state index in [1.54, 1.807) is 0 Å². The molecule has 0 unspecified atom stereocenters. The predicted octanol–water partition coefficient (Wildman–Crippen LogP) is 3.25. The van der Waals surface area contributed by atoms with Gasteiger partial charge in [-0.3, -0.25) is 0 Å². The van der Waals surface area contributed by atoms with Gasteiger partial charge in [0.25, 0.3) is 0 Å². The number of aryl methyl sites for hydroxylation is 2. The van der Waals surface area contributed by atoms with E-state index in [0.717, 1.165) is 15.6 Å². The fraction of sp³-hybridized carbons (Fsp3) is 0.400. The Labute approximate surface area is 86.9 Å². The van der Waals surface area contributed by atoms with Crippen molar-refractivity contribution in [2.75, 3.05) is 0 Å². The Morgan fingerprint density at radius 1 is 1.25 bits per heavy atom. The molecule has 0 aliphatic rings. The summed E-state index contributed by atoms with van der Waals surface area (Å²) >= 11 is 2.27. The summed E-state index contributed by atoms with van der Waals surface area (Å²) in [6.07, 6.45) is 0. The number of halogens is 1. The van der Waals surface area contributed by atoms with E-state index in [-0.39, 0.29) is 0 Å². The molecule has 1 rings (SSSR count).